The van der Waals surface area contributed by atoms with E-state index in [4.69, 9.17) is 10.5 Å². The van der Waals surface area contributed by atoms with Gasteiger partial charge in [-0.1, -0.05) is 12.1 Å². The Labute approximate surface area is 159 Å². The lowest BCUT2D eigenvalue weighted by molar-refractivity contribution is -0.143. The summed E-state index contributed by atoms with van der Waals surface area (Å²) in [7, 11) is 0. The van der Waals surface area contributed by atoms with Gasteiger partial charge in [0.1, 0.15) is 17.0 Å². The van der Waals surface area contributed by atoms with Gasteiger partial charge < -0.3 is 15.6 Å². The van der Waals surface area contributed by atoms with Gasteiger partial charge in [0.15, 0.2) is 0 Å². The van der Waals surface area contributed by atoms with Crippen LogP contribution in [0.4, 0.5) is 0 Å². The zero-order valence-electron chi connectivity index (χ0n) is 14.7. The molecule has 0 saturated carbocycles. The normalized spacial score (nSPS) is 21.1. The SMILES string of the molecule is Cl.NC1(C(=O)O)CCc2ccc(Oc3ccc4c(c3)CCCC4)cc2C1. The molecule has 0 spiro atoms. The molecule has 0 bridgehead atoms. The third kappa shape index (κ3) is 3.57. The molecule has 0 saturated heterocycles. The van der Waals surface area contributed by atoms with E-state index in [9.17, 15) is 9.90 Å². The van der Waals surface area contributed by atoms with Gasteiger partial charge in [-0.3, -0.25) is 4.79 Å². The van der Waals surface area contributed by atoms with E-state index in [0.717, 1.165) is 29.9 Å². The van der Waals surface area contributed by atoms with Crippen LogP contribution in [0, 0.1) is 0 Å². The summed E-state index contributed by atoms with van der Waals surface area (Å²) in [5, 5.41) is 9.38. The highest BCUT2D eigenvalue weighted by Crippen LogP contribution is 2.33. The first-order chi connectivity index (χ1) is 12.0. The second-order valence-corrected chi connectivity index (χ2v) is 7.31. The Morgan fingerprint density at radius 1 is 0.923 bits per heavy atom. The fraction of sp³-hybridized carbons (Fsp3) is 0.381. The highest BCUT2D eigenvalue weighted by atomic mass is 35.5. The fourth-order valence-electron chi connectivity index (χ4n) is 3.95. The van der Waals surface area contributed by atoms with Gasteiger partial charge in [0.05, 0.1) is 0 Å². The molecule has 26 heavy (non-hydrogen) atoms. The molecule has 0 amide bonds. The van der Waals surface area contributed by atoms with Gasteiger partial charge in [-0.15, -0.1) is 12.4 Å². The van der Waals surface area contributed by atoms with Crippen LogP contribution in [-0.2, 0) is 30.5 Å². The zero-order chi connectivity index (χ0) is 17.4. The molecule has 4 rings (SSSR count). The molecule has 138 valence electrons. The first-order valence-corrected chi connectivity index (χ1v) is 8.97. The number of ether oxygens (including phenoxy) is 1. The first kappa shape index (κ1) is 18.7. The van der Waals surface area contributed by atoms with E-state index in [1.165, 1.54) is 29.5 Å². The van der Waals surface area contributed by atoms with Crippen molar-refractivity contribution in [3.63, 3.8) is 0 Å². The number of aliphatic carboxylic acids is 1. The van der Waals surface area contributed by atoms with Crippen molar-refractivity contribution >= 4 is 18.4 Å². The summed E-state index contributed by atoms with van der Waals surface area (Å²) < 4.78 is 6.05. The zero-order valence-corrected chi connectivity index (χ0v) is 15.5. The number of carbonyl (C=O) groups is 1. The summed E-state index contributed by atoms with van der Waals surface area (Å²) in [5.41, 5.74) is 9.84. The van der Waals surface area contributed by atoms with Crippen LogP contribution >= 0.6 is 12.4 Å². The Bertz CT molecular complexity index is 836. The van der Waals surface area contributed by atoms with Crippen LogP contribution in [0.5, 0.6) is 11.5 Å². The quantitative estimate of drug-likeness (QED) is 0.851. The van der Waals surface area contributed by atoms with Crippen molar-refractivity contribution in [3.05, 3.63) is 58.7 Å². The molecular formula is C21H24ClNO3. The van der Waals surface area contributed by atoms with Crippen molar-refractivity contribution in [3.8, 4) is 11.5 Å². The lowest BCUT2D eigenvalue weighted by atomic mass is 9.78. The fourth-order valence-corrected chi connectivity index (χ4v) is 3.95. The van der Waals surface area contributed by atoms with Crippen LogP contribution in [0.15, 0.2) is 36.4 Å². The van der Waals surface area contributed by atoms with E-state index in [-0.39, 0.29) is 12.4 Å². The maximum Gasteiger partial charge on any atom is 0.324 e. The molecule has 2 aromatic rings. The smallest absolute Gasteiger partial charge is 0.324 e. The standard InChI is InChI=1S/C21H23NO3.ClH/c22-21(20(23)24)10-9-15-6-8-19(12-17(15)13-21)25-18-7-5-14-3-1-2-4-16(14)11-18;/h5-8,11-12H,1-4,9-10,13,22H2,(H,23,24);1H. The average molecular weight is 374 g/mol. The van der Waals surface area contributed by atoms with E-state index in [1.807, 2.05) is 24.3 Å². The molecule has 0 aromatic heterocycles. The van der Waals surface area contributed by atoms with Crippen LogP contribution < -0.4 is 10.5 Å². The van der Waals surface area contributed by atoms with Crippen LogP contribution in [0.25, 0.3) is 0 Å². The number of carboxylic acids is 1. The van der Waals surface area contributed by atoms with Crippen LogP contribution in [-0.4, -0.2) is 16.6 Å². The second-order valence-electron chi connectivity index (χ2n) is 7.31. The van der Waals surface area contributed by atoms with E-state index in [2.05, 4.69) is 12.1 Å². The Balaban J connectivity index is 0.00000196. The Morgan fingerprint density at radius 2 is 1.50 bits per heavy atom. The van der Waals surface area contributed by atoms with Crippen molar-refractivity contribution < 1.29 is 14.6 Å². The largest absolute Gasteiger partial charge is 0.480 e. The van der Waals surface area contributed by atoms with Crippen LogP contribution in [0.1, 0.15) is 41.5 Å². The number of hydrogen-bond donors (Lipinski definition) is 2. The molecule has 2 aromatic carbocycles. The van der Waals surface area contributed by atoms with Crippen molar-refractivity contribution in [2.45, 2.75) is 50.5 Å². The summed E-state index contributed by atoms with van der Waals surface area (Å²) in [4.78, 5) is 11.4. The van der Waals surface area contributed by atoms with E-state index in [0.29, 0.717) is 19.3 Å². The second kappa shape index (κ2) is 7.29. The number of nitrogens with two attached hydrogens (primary N) is 1. The van der Waals surface area contributed by atoms with Crippen molar-refractivity contribution in [1.82, 2.24) is 0 Å². The molecule has 3 N–H and O–H groups in total. The van der Waals surface area contributed by atoms with Crippen molar-refractivity contribution in [2.75, 3.05) is 0 Å². The van der Waals surface area contributed by atoms with E-state index >= 15 is 0 Å². The summed E-state index contributed by atoms with van der Waals surface area (Å²) in [5.74, 6) is 0.650. The minimum absolute atomic E-state index is 0. The summed E-state index contributed by atoms with van der Waals surface area (Å²) in [6.45, 7) is 0. The van der Waals surface area contributed by atoms with Gasteiger partial charge in [0.25, 0.3) is 0 Å². The van der Waals surface area contributed by atoms with Gasteiger partial charge in [0, 0.05) is 6.42 Å². The number of aryl methyl sites for hydroxylation is 3. The molecule has 2 aliphatic rings. The Hall–Kier alpha value is -2.04. The minimum atomic E-state index is -1.17. The predicted molar refractivity (Wildman–Crippen MR) is 103 cm³/mol. The molecule has 5 heteroatoms. The maximum atomic E-state index is 11.4. The monoisotopic (exact) mass is 373 g/mol. The van der Waals surface area contributed by atoms with E-state index < -0.39 is 11.5 Å². The van der Waals surface area contributed by atoms with Gasteiger partial charge in [-0.2, -0.15) is 0 Å². The molecule has 0 fully saturated rings. The van der Waals surface area contributed by atoms with Gasteiger partial charge in [0.2, 0.25) is 0 Å². The topological polar surface area (TPSA) is 72.6 Å². The van der Waals surface area contributed by atoms with Crippen molar-refractivity contribution in [1.29, 1.82) is 0 Å². The van der Waals surface area contributed by atoms with Crippen molar-refractivity contribution in [2.24, 2.45) is 5.73 Å². The number of fused-ring (bicyclic) bond motifs is 2. The summed E-state index contributed by atoms with van der Waals surface area (Å²) in [6, 6.07) is 12.3. The summed E-state index contributed by atoms with van der Waals surface area (Å²) in [6.07, 6.45) is 6.29. The number of benzene rings is 2. The molecule has 1 atom stereocenters. The molecule has 0 heterocycles. The van der Waals surface area contributed by atoms with Crippen LogP contribution in [0.3, 0.4) is 0 Å². The van der Waals surface area contributed by atoms with Gasteiger partial charge in [-0.05, 0) is 85.0 Å². The highest BCUT2D eigenvalue weighted by Gasteiger charge is 2.37. The lowest BCUT2D eigenvalue weighted by Crippen LogP contribution is -2.52. The predicted octanol–water partition coefficient (Wildman–Crippen LogP) is 4.05. The first-order valence-electron chi connectivity index (χ1n) is 8.97. The molecular weight excluding hydrogens is 350 g/mol. The third-order valence-electron chi connectivity index (χ3n) is 5.51. The highest BCUT2D eigenvalue weighted by molar-refractivity contribution is 5.85. The Morgan fingerprint density at radius 3 is 2.15 bits per heavy atom. The molecule has 0 radical (unpaired) electrons. The number of halogens is 1. The average Bonchev–Trinajstić information content (AvgIpc) is 2.61. The number of rotatable bonds is 3. The minimum Gasteiger partial charge on any atom is -0.480 e. The molecule has 0 aliphatic heterocycles. The lowest BCUT2D eigenvalue weighted by Gasteiger charge is -2.31. The molecule has 1 unspecified atom stereocenters. The van der Waals surface area contributed by atoms with Crippen LogP contribution in [0.2, 0.25) is 0 Å². The van der Waals surface area contributed by atoms with E-state index in [1.54, 1.807) is 0 Å². The molecule has 2 aliphatic carbocycles. The number of hydrogen-bond acceptors (Lipinski definition) is 3. The number of carboxylic acid groups (broad SMARTS) is 1. The van der Waals surface area contributed by atoms with Gasteiger partial charge in [-0.25, -0.2) is 0 Å². The molecule has 4 nitrogen and oxygen atoms in total. The van der Waals surface area contributed by atoms with Gasteiger partial charge >= 0.3 is 5.97 Å². The summed E-state index contributed by atoms with van der Waals surface area (Å²) >= 11 is 0. The third-order valence-corrected chi connectivity index (χ3v) is 5.51. The Kier molecular flexibility index (Phi) is 5.26. The maximum absolute atomic E-state index is 11.4.